The molecule has 0 aliphatic rings. The first-order valence-corrected chi connectivity index (χ1v) is 7.46. The molecule has 0 fully saturated rings. The Labute approximate surface area is 124 Å². The maximum absolute atomic E-state index is 10.5. The molecule has 0 N–H and O–H groups in total. The van der Waals surface area contributed by atoms with Crippen LogP contribution in [0.3, 0.4) is 0 Å². The van der Waals surface area contributed by atoms with Gasteiger partial charge >= 0.3 is 5.97 Å². The summed E-state index contributed by atoms with van der Waals surface area (Å²) >= 11 is 3.22. The number of ether oxygens (including phenoxy) is 1. The van der Waals surface area contributed by atoms with E-state index in [4.69, 9.17) is 4.74 Å². The number of rotatable bonds is 5. The van der Waals surface area contributed by atoms with Crippen LogP contribution in [-0.2, 0) is 9.53 Å². The average Bonchev–Trinajstić information content (AvgIpc) is 2.39. The van der Waals surface area contributed by atoms with Crippen LogP contribution in [0.4, 0.5) is 0 Å². The monoisotopic (exact) mass is 322 g/mol. The third kappa shape index (κ3) is 16.6. The van der Waals surface area contributed by atoms with Gasteiger partial charge in [-0.2, -0.15) is 0 Å². The Morgan fingerprint density at radius 2 is 1.58 bits per heavy atom. The molecule has 0 aliphatic carbocycles. The first-order valence-electron chi connectivity index (χ1n) is 6.34. The fourth-order valence-electron chi connectivity index (χ4n) is 1.18. The molecule has 0 unspecified atom stereocenters. The Hall–Kier alpha value is -1.37. The fourth-order valence-corrected chi connectivity index (χ4v) is 1.38. The second-order valence-electron chi connectivity index (χ2n) is 3.70. The summed E-state index contributed by atoms with van der Waals surface area (Å²) in [6.45, 7) is 1.95. The molecule has 0 saturated heterocycles. The number of unbranched alkanes of at least 4 members (excludes halogenated alkanes) is 3. The lowest BCUT2D eigenvalue weighted by Gasteiger charge is -1.99. The molecule has 0 aromatic carbocycles. The molecule has 0 radical (unpaired) electrons. The highest BCUT2D eigenvalue weighted by Gasteiger charge is 1.91. The van der Waals surface area contributed by atoms with E-state index < -0.39 is 0 Å². The maximum atomic E-state index is 10.5. The SMILES string of the molecule is CC(=O)OCCCCCC#CCC#CCC#CCBr. The van der Waals surface area contributed by atoms with E-state index in [1.807, 2.05) is 0 Å². The third-order valence-corrected chi connectivity index (χ3v) is 2.33. The zero-order valence-electron chi connectivity index (χ0n) is 11.4. The van der Waals surface area contributed by atoms with E-state index in [0.717, 1.165) is 25.7 Å². The molecule has 0 rings (SSSR count). The van der Waals surface area contributed by atoms with Crippen molar-refractivity contribution in [2.24, 2.45) is 0 Å². The van der Waals surface area contributed by atoms with Crippen molar-refractivity contribution in [3.8, 4) is 35.5 Å². The van der Waals surface area contributed by atoms with Crippen LogP contribution >= 0.6 is 15.9 Å². The van der Waals surface area contributed by atoms with Crippen LogP contribution in [0.25, 0.3) is 0 Å². The maximum Gasteiger partial charge on any atom is 0.302 e. The highest BCUT2D eigenvalue weighted by Crippen LogP contribution is 1.99. The highest BCUT2D eigenvalue weighted by molar-refractivity contribution is 9.09. The molecule has 0 amide bonds. The summed E-state index contributed by atoms with van der Waals surface area (Å²) in [4.78, 5) is 10.5. The van der Waals surface area contributed by atoms with Crippen LogP contribution in [0.5, 0.6) is 0 Å². The van der Waals surface area contributed by atoms with Gasteiger partial charge in [0.15, 0.2) is 0 Å². The number of alkyl halides is 1. The van der Waals surface area contributed by atoms with Crippen molar-refractivity contribution in [2.45, 2.75) is 45.4 Å². The minimum atomic E-state index is -0.209. The summed E-state index contributed by atoms with van der Waals surface area (Å²) in [5, 5.41) is 0.700. The van der Waals surface area contributed by atoms with Gasteiger partial charge in [-0.15, -0.1) is 5.92 Å². The van der Waals surface area contributed by atoms with Gasteiger partial charge in [0.05, 0.1) is 24.8 Å². The van der Waals surface area contributed by atoms with E-state index in [2.05, 4.69) is 51.5 Å². The largest absolute Gasteiger partial charge is 0.466 e. The Balaban J connectivity index is 3.38. The summed E-state index contributed by atoms with van der Waals surface area (Å²) in [5.74, 6) is 17.6. The fraction of sp³-hybridized carbons (Fsp3) is 0.562. The lowest BCUT2D eigenvalue weighted by Crippen LogP contribution is -1.99. The Morgan fingerprint density at radius 1 is 0.947 bits per heavy atom. The van der Waals surface area contributed by atoms with Crippen molar-refractivity contribution >= 4 is 21.9 Å². The molecule has 0 aliphatic heterocycles. The van der Waals surface area contributed by atoms with E-state index in [1.165, 1.54) is 6.92 Å². The zero-order valence-corrected chi connectivity index (χ0v) is 12.9. The molecule has 0 aromatic rings. The lowest BCUT2D eigenvalue weighted by atomic mass is 10.2. The van der Waals surface area contributed by atoms with Crippen LogP contribution in [-0.4, -0.2) is 17.9 Å². The summed E-state index contributed by atoms with van der Waals surface area (Å²) in [6.07, 6.45) is 5.10. The van der Waals surface area contributed by atoms with Gasteiger partial charge in [-0.05, 0) is 19.3 Å². The van der Waals surface area contributed by atoms with Gasteiger partial charge in [-0.25, -0.2) is 0 Å². The molecule has 0 bridgehead atoms. The lowest BCUT2D eigenvalue weighted by molar-refractivity contribution is -0.141. The second kappa shape index (κ2) is 14.7. The smallest absolute Gasteiger partial charge is 0.302 e. The van der Waals surface area contributed by atoms with E-state index in [-0.39, 0.29) is 5.97 Å². The topological polar surface area (TPSA) is 26.3 Å². The summed E-state index contributed by atoms with van der Waals surface area (Å²) in [7, 11) is 0. The van der Waals surface area contributed by atoms with Crippen molar-refractivity contribution < 1.29 is 9.53 Å². The van der Waals surface area contributed by atoms with Crippen LogP contribution in [0, 0.1) is 35.5 Å². The number of hydrogen-bond acceptors (Lipinski definition) is 2. The van der Waals surface area contributed by atoms with Crippen molar-refractivity contribution in [1.29, 1.82) is 0 Å². The van der Waals surface area contributed by atoms with Gasteiger partial charge in [0, 0.05) is 13.3 Å². The molecule has 2 nitrogen and oxygen atoms in total. The van der Waals surface area contributed by atoms with Crippen LogP contribution in [0.1, 0.15) is 45.4 Å². The van der Waals surface area contributed by atoms with E-state index in [1.54, 1.807) is 0 Å². The first kappa shape index (κ1) is 17.6. The number of carbonyl (C=O) groups excluding carboxylic acids is 1. The van der Waals surface area contributed by atoms with Crippen molar-refractivity contribution in [3.05, 3.63) is 0 Å². The Morgan fingerprint density at radius 3 is 2.21 bits per heavy atom. The van der Waals surface area contributed by atoms with Gasteiger partial charge in [0.1, 0.15) is 0 Å². The predicted octanol–water partition coefficient (Wildman–Crippen LogP) is 3.30. The highest BCUT2D eigenvalue weighted by atomic mass is 79.9. The summed E-state index contributed by atoms with van der Waals surface area (Å²) in [5.41, 5.74) is 0. The third-order valence-electron chi connectivity index (χ3n) is 2.05. The number of hydrogen-bond donors (Lipinski definition) is 0. The molecule has 0 atom stereocenters. The molecular weight excluding hydrogens is 304 g/mol. The summed E-state index contributed by atoms with van der Waals surface area (Å²) in [6, 6.07) is 0. The molecule has 3 heteroatoms. The summed E-state index contributed by atoms with van der Waals surface area (Å²) < 4.78 is 4.83. The van der Waals surface area contributed by atoms with Gasteiger partial charge in [-0.1, -0.05) is 45.5 Å². The van der Waals surface area contributed by atoms with Crippen LogP contribution < -0.4 is 0 Å². The molecule has 0 heterocycles. The minimum absolute atomic E-state index is 0.209. The normalized spacial score (nSPS) is 8.11. The van der Waals surface area contributed by atoms with Crippen LogP contribution in [0.15, 0.2) is 0 Å². The van der Waals surface area contributed by atoms with Gasteiger partial charge in [0.25, 0.3) is 0 Å². The molecule has 0 saturated carbocycles. The standard InChI is InChI=1S/C16H19BrO2/c1-16(18)19-15-13-11-9-7-5-3-2-4-6-8-10-12-14-17/h2,7-9,11,13-15H2,1H3. The molecule has 19 heavy (non-hydrogen) atoms. The molecule has 0 aromatic heterocycles. The van der Waals surface area contributed by atoms with Gasteiger partial charge < -0.3 is 4.74 Å². The minimum Gasteiger partial charge on any atom is -0.466 e. The second-order valence-corrected chi connectivity index (χ2v) is 4.26. The van der Waals surface area contributed by atoms with Gasteiger partial charge in [0.2, 0.25) is 0 Å². The Kier molecular flexibility index (Phi) is 13.6. The number of halogens is 1. The molecular formula is C16H19BrO2. The average molecular weight is 323 g/mol. The van der Waals surface area contributed by atoms with E-state index >= 15 is 0 Å². The predicted molar refractivity (Wildman–Crippen MR) is 81.5 cm³/mol. The van der Waals surface area contributed by atoms with Crippen LogP contribution in [0.2, 0.25) is 0 Å². The van der Waals surface area contributed by atoms with E-state index in [9.17, 15) is 4.79 Å². The number of carbonyl (C=O) groups is 1. The zero-order chi connectivity index (χ0) is 14.2. The quantitative estimate of drug-likeness (QED) is 0.336. The first-order chi connectivity index (χ1) is 9.27. The molecule has 0 spiro atoms. The Bertz CT molecular complexity index is 421. The van der Waals surface area contributed by atoms with E-state index in [0.29, 0.717) is 24.8 Å². The number of esters is 1. The van der Waals surface area contributed by atoms with Crippen molar-refractivity contribution in [3.63, 3.8) is 0 Å². The van der Waals surface area contributed by atoms with Crippen molar-refractivity contribution in [2.75, 3.05) is 11.9 Å². The van der Waals surface area contributed by atoms with Gasteiger partial charge in [-0.3, -0.25) is 4.79 Å². The molecule has 102 valence electrons. The van der Waals surface area contributed by atoms with Crippen molar-refractivity contribution in [1.82, 2.24) is 0 Å².